The van der Waals surface area contributed by atoms with Crippen molar-refractivity contribution >= 4 is 11.6 Å². The molecule has 2 aromatic rings. The molecule has 6 heteroatoms. The lowest BCUT2D eigenvalue weighted by molar-refractivity contribution is 0.0628. The third-order valence-corrected chi connectivity index (χ3v) is 4.70. The molecule has 0 aliphatic carbocycles. The molecule has 138 valence electrons. The van der Waals surface area contributed by atoms with Crippen molar-refractivity contribution in [1.82, 2.24) is 9.80 Å². The molecule has 0 unspecified atom stereocenters. The van der Waals surface area contributed by atoms with Crippen LogP contribution in [-0.2, 0) is 6.54 Å². The smallest absolute Gasteiger partial charge is 0.253 e. The van der Waals surface area contributed by atoms with Crippen LogP contribution in [0.3, 0.4) is 0 Å². The van der Waals surface area contributed by atoms with E-state index < -0.39 is 0 Å². The summed E-state index contributed by atoms with van der Waals surface area (Å²) < 4.78 is 18.8. The molecular weight excluding hydrogens is 333 g/mol. The van der Waals surface area contributed by atoms with Crippen LogP contribution in [0, 0.1) is 5.82 Å². The summed E-state index contributed by atoms with van der Waals surface area (Å²) in [6.45, 7) is 3.55. The van der Waals surface area contributed by atoms with E-state index in [9.17, 15) is 9.18 Å². The van der Waals surface area contributed by atoms with Crippen molar-refractivity contribution in [2.45, 2.75) is 6.54 Å². The SMILES string of the molecule is CNc1ccc(C(=O)N2CCN(Cc3ccc(OC)c(F)c3)CC2)cc1. The minimum Gasteiger partial charge on any atom is -0.494 e. The molecule has 0 spiro atoms. The highest BCUT2D eigenvalue weighted by Crippen LogP contribution is 2.19. The van der Waals surface area contributed by atoms with Crippen LogP contribution in [0.15, 0.2) is 42.5 Å². The lowest BCUT2D eigenvalue weighted by Crippen LogP contribution is -2.48. The van der Waals surface area contributed by atoms with E-state index >= 15 is 0 Å². The molecule has 0 atom stereocenters. The van der Waals surface area contributed by atoms with Gasteiger partial charge in [0.2, 0.25) is 0 Å². The van der Waals surface area contributed by atoms with E-state index in [1.54, 1.807) is 6.07 Å². The molecule has 1 amide bonds. The molecule has 0 bridgehead atoms. The number of carbonyl (C=O) groups is 1. The molecule has 2 aromatic carbocycles. The van der Waals surface area contributed by atoms with Crippen LogP contribution in [0.5, 0.6) is 5.75 Å². The zero-order valence-corrected chi connectivity index (χ0v) is 15.2. The Morgan fingerprint density at radius 2 is 1.81 bits per heavy atom. The minimum atomic E-state index is -0.344. The molecule has 0 aromatic heterocycles. The summed E-state index contributed by atoms with van der Waals surface area (Å²) in [4.78, 5) is 16.7. The van der Waals surface area contributed by atoms with Gasteiger partial charge < -0.3 is 15.0 Å². The van der Waals surface area contributed by atoms with Gasteiger partial charge in [0.15, 0.2) is 11.6 Å². The number of anilines is 1. The van der Waals surface area contributed by atoms with Crippen LogP contribution in [0.2, 0.25) is 0 Å². The monoisotopic (exact) mass is 357 g/mol. The highest BCUT2D eigenvalue weighted by molar-refractivity contribution is 5.94. The van der Waals surface area contributed by atoms with Gasteiger partial charge in [-0.05, 0) is 42.0 Å². The van der Waals surface area contributed by atoms with E-state index in [1.807, 2.05) is 42.3 Å². The first-order valence-corrected chi connectivity index (χ1v) is 8.72. The van der Waals surface area contributed by atoms with Crippen molar-refractivity contribution in [2.24, 2.45) is 0 Å². The van der Waals surface area contributed by atoms with Crippen LogP contribution in [0.1, 0.15) is 15.9 Å². The normalized spacial score (nSPS) is 15.0. The number of ether oxygens (including phenoxy) is 1. The molecule has 1 heterocycles. The zero-order chi connectivity index (χ0) is 18.5. The molecule has 0 radical (unpaired) electrons. The van der Waals surface area contributed by atoms with Crippen LogP contribution < -0.4 is 10.1 Å². The van der Waals surface area contributed by atoms with Gasteiger partial charge >= 0.3 is 0 Å². The molecule has 1 N–H and O–H groups in total. The first-order valence-electron chi connectivity index (χ1n) is 8.72. The van der Waals surface area contributed by atoms with Crippen molar-refractivity contribution in [1.29, 1.82) is 0 Å². The van der Waals surface area contributed by atoms with Crippen molar-refractivity contribution in [3.05, 3.63) is 59.4 Å². The van der Waals surface area contributed by atoms with E-state index in [0.29, 0.717) is 25.2 Å². The average Bonchev–Trinajstić information content (AvgIpc) is 2.68. The number of hydrogen-bond acceptors (Lipinski definition) is 4. The predicted octanol–water partition coefficient (Wildman–Crippen LogP) is 2.83. The van der Waals surface area contributed by atoms with Crippen LogP contribution >= 0.6 is 0 Å². The summed E-state index contributed by atoms with van der Waals surface area (Å²) in [6.07, 6.45) is 0. The van der Waals surface area contributed by atoms with Crippen molar-refractivity contribution in [3.8, 4) is 5.75 Å². The van der Waals surface area contributed by atoms with Gasteiger partial charge in [-0.25, -0.2) is 4.39 Å². The minimum absolute atomic E-state index is 0.0581. The fourth-order valence-electron chi connectivity index (χ4n) is 3.14. The summed E-state index contributed by atoms with van der Waals surface area (Å²) >= 11 is 0. The van der Waals surface area contributed by atoms with Gasteiger partial charge in [0.1, 0.15) is 0 Å². The highest BCUT2D eigenvalue weighted by atomic mass is 19.1. The van der Waals surface area contributed by atoms with E-state index in [-0.39, 0.29) is 17.5 Å². The van der Waals surface area contributed by atoms with Gasteiger partial charge in [-0.15, -0.1) is 0 Å². The Morgan fingerprint density at radius 3 is 2.38 bits per heavy atom. The maximum atomic E-state index is 13.8. The quantitative estimate of drug-likeness (QED) is 0.894. The highest BCUT2D eigenvalue weighted by Gasteiger charge is 2.22. The Morgan fingerprint density at radius 1 is 1.12 bits per heavy atom. The number of methoxy groups -OCH3 is 1. The number of amides is 1. The van der Waals surface area contributed by atoms with E-state index in [4.69, 9.17) is 4.74 Å². The second-order valence-corrected chi connectivity index (χ2v) is 6.36. The topological polar surface area (TPSA) is 44.8 Å². The fraction of sp³-hybridized carbons (Fsp3) is 0.350. The van der Waals surface area contributed by atoms with Crippen LogP contribution in [-0.4, -0.2) is 56.0 Å². The number of nitrogens with zero attached hydrogens (tertiary/aromatic N) is 2. The van der Waals surface area contributed by atoms with Gasteiger partial charge in [-0.3, -0.25) is 9.69 Å². The molecular formula is C20H24FN3O2. The predicted molar refractivity (Wildman–Crippen MR) is 100 cm³/mol. The van der Waals surface area contributed by atoms with E-state index in [2.05, 4.69) is 10.2 Å². The van der Waals surface area contributed by atoms with Gasteiger partial charge in [0.25, 0.3) is 5.91 Å². The number of nitrogens with one attached hydrogen (secondary N) is 1. The van der Waals surface area contributed by atoms with Gasteiger partial charge in [-0.2, -0.15) is 0 Å². The lowest BCUT2D eigenvalue weighted by atomic mass is 10.1. The second-order valence-electron chi connectivity index (χ2n) is 6.36. The Bertz CT molecular complexity index is 756. The van der Waals surface area contributed by atoms with Crippen LogP contribution in [0.4, 0.5) is 10.1 Å². The standard InChI is InChI=1S/C20H24FN3O2/c1-22-17-6-4-16(5-7-17)20(25)24-11-9-23(10-12-24)14-15-3-8-19(26-2)18(21)13-15/h3-8,13,22H,9-12,14H2,1-2H3. The fourth-order valence-corrected chi connectivity index (χ4v) is 3.14. The first kappa shape index (κ1) is 18.2. The Kier molecular flexibility index (Phi) is 5.73. The molecule has 5 nitrogen and oxygen atoms in total. The van der Waals surface area contributed by atoms with Crippen LogP contribution in [0.25, 0.3) is 0 Å². The van der Waals surface area contributed by atoms with Crippen molar-refractivity contribution in [2.75, 3.05) is 45.7 Å². The molecule has 1 aliphatic rings. The summed E-state index contributed by atoms with van der Waals surface area (Å²) in [5.41, 5.74) is 2.60. The summed E-state index contributed by atoms with van der Waals surface area (Å²) in [7, 11) is 3.31. The lowest BCUT2D eigenvalue weighted by Gasteiger charge is -2.34. The van der Waals surface area contributed by atoms with Crippen molar-refractivity contribution in [3.63, 3.8) is 0 Å². The average molecular weight is 357 g/mol. The van der Waals surface area contributed by atoms with E-state index in [1.165, 1.54) is 13.2 Å². The third kappa shape index (κ3) is 4.14. The Hall–Kier alpha value is -2.60. The molecule has 1 saturated heterocycles. The molecule has 1 aliphatic heterocycles. The number of hydrogen-bond donors (Lipinski definition) is 1. The third-order valence-electron chi connectivity index (χ3n) is 4.70. The van der Waals surface area contributed by atoms with Gasteiger partial charge in [-0.1, -0.05) is 6.07 Å². The summed E-state index contributed by atoms with van der Waals surface area (Å²) in [6, 6.07) is 12.5. The second kappa shape index (κ2) is 8.19. The van der Waals surface area contributed by atoms with Gasteiger partial charge in [0.05, 0.1) is 7.11 Å². The van der Waals surface area contributed by atoms with Crippen molar-refractivity contribution < 1.29 is 13.9 Å². The first-order chi connectivity index (χ1) is 12.6. The molecule has 3 rings (SSSR count). The zero-order valence-electron chi connectivity index (χ0n) is 15.2. The van der Waals surface area contributed by atoms with E-state index in [0.717, 1.165) is 24.3 Å². The Balaban J connectivity index is 1.55. The number of piperazine rings is 1. The number of rotatable bonds is 5. The molecule has 0 saturated carbocycles. The number of halogens is 1. The summed E-state index contributed by atoms with van der Waals surface area (Å²) in [5, 5.41) is 3.05. The molecule has 26 heavy (non-hydrogen) atoms. The largest absolute Gasteiger partial charge is 0.494 e. The summed E-state index contributed by atoms with van der Waals surface area (Å²) in [5.74, 6) is -0.0277. The Labute approximate surface area is 153 Å². The maximum Gasteiger partial charge on any atom is 0.253 e. The molecule has 1 fully saturated rings. The maximum absolute atomic E-state index is 13.8. The number of carbonyl (C=O) groups excluding carboxylic acids is 1. The number of benzene rings is 2. The van der Waals surface area contributed by atoms with Gasteiger partial charge in [0, 0.05) is 51.0 Å².